The molecule has 0 aliphatic rings. The molecule has 0 unspecified atom stereocenters. The number of nitrogens with zero attached hydrogens (tertiary/aromatic N) is 5. The van der Waals surface area contributed by atoms with Crippen molar-refractivity contribution in [2.24, 2.45) is 12.9 Å². The van der Waals surface area contributed by atoms with Crippen LogP contribution in [-0.4, -0.2) is 38.3 Å². The predicted molar refractivity (Wildman–Crippen MR) is 94.1 cm³/mol. The van der Waals surface area contributed by atoms with Gasteiger partial charge in [0.2, 0.25) is 0 Å². The summed E-state index contributed by atoms with van der Waals surface area (Å²) in [5, 5.41) is 0.539. The second kappa shape index (κ2) is 5.56. The van der Waals surface area contributed by atoms with Gasteiger partial charge in [-0.2, -0.15) is 4.98 Å². The zero-order chi connectivity index (χ0) is 17.6. The van der Waals surface area contributed by atoms with Gasteiger partial charge in [0.15, 0.2) is 16.6 Å². The molecule has 3 rings (SSSR count). The van der Waals surface area contributed by atoms with Crippen LogP contribution in [0.4, 0.5) is 15.7 Å². The standard InChI is InChI=1S/C14H19N7O2S/c1-14(2,3)23-13(22)21(5)11-7-8(20(4)6-16-7)9-10(17-11)18-12(19-15)24-9/h6H,15H2,1-5H3,(H,17,18,19). The maximum atomic E-state index is 12.4. The van der Waals surface area contributed by atoms with E-state index in [1.807, 2.05) is 32.4 Å². The fourth-order valence-electron chi connectivity index (χ4n) is 2.27. The molecule has 1 amide bonds. The van der Waals surface area contributed by atoms with Gasteiger partial charge in [0.05, 0.1) is 11.8 Å². The van der Waals surface area contributed by atoms with Crippen LogP contribution in [0.25, 0.3) is 21.4 Å². The first-order valence-corrected chi connectivity index (χ1v) is 8.08. The Morgan fingerprint density at radius 3 is 2.75 bits per heavy atom. The Labute approximate surface area is 142 Å². The summed E-state index contributed by atoms with van der Waals surface area (Å²) in [7, 11) is 3.48. The Balaban J connectivity index is 2.17. The number of carbonyl (C=O) groups excluding carboxylic acids is 1. The number of ether oxygens (including phenoxy) is 1. The SMILES string of the molecule is CN(C(=O)OC(C)(C)C)c1nc2nc(NN)sc2c2c1ncn2C. The van der Waals surface area contributed by atoms with E-state index in [9.17, 15) is 4.79 Å². The average Bonchev–Trinajstić information content (AvgIpc) is 3.07. The molecule has 0 saturated heterocycles. The van der Waals surface area contributed by atoms with Gasteiger partial charge in [-0.25, -0.2) is 20.6 Å². The molecule has 9 nitrogen and oxygen atoms in total. The summed E-state index contributed by atoms with van der Waals surface area (Å²) in [6.45, 7) is 5.43. The van der Waals surface area contributed by atoms with Crippen LogP contribution in [0.3, 0.4) is 0 Å². The highest BCUT2D eigenvalue weighted by molar-refractivity contribution is 7.23. The summed E-state index contributed by atoms with van der Waals surface area (Å²) < 4.78 is 8.12. The fourth-order valence-corrected chi connectivity index (χ4v) is 3.17. The van der Waals surface area contributed by atoms with Gasteiger partial charge in [-0.1, -0.05) is 11.3 Å². The monoisotopic (exact) mass is 349 g/mol. The Morgan fingerprint density at radius 2 is 2.12 bits per heavy atom. The molecule has 0 bridgehead atoms. The van der Waals surface area contributed by atoms with Crippen molar-refractivity contribution < 1.29 is 9.53 Å². The van der Waals surface area contributed by atoms with Crippen molar-refractivity contribution in [3.05, 3.63) is 6.33 Å². The number of carbonyl (C=O) groups is 1. The van der Waals surface area contributed by atoms with Crippen LogP contribution in [0.2, 0.25) is 0 Å². The minimum absolute atomic E-state index is 0.390. The van der Waals surface area contributed by atoms with E-state index in [-0.39, 0.29) is 0 Å². The number of aromatic nitrogens is 4. The molecular formula is C14H19N7O2S. The highest BCUT2D eigenvalue weighted by Gasteiger charge is 2.25. The van der Waals surface area contributed by atoms with E-state index in [4.69, 9.17) is 10.6 Å². The zero-order valence-corrected chi connectivity index (χ0v) is 14.9. The zero-order valence-electron chi connectivity index (χ0n) is 14.1. The maximum Gasteiger partial charge on any atom is 0.415 e. The van der Waals surface area contributed by atoms with Gasteiger partial charge in [0.1, 0.15) is 15.8 Å². The molecule has 3 heterocycles. The number of hydrogen-bond donors (Lipinski definition) is 2. The van der Waals surface area contributed by atoms with Gasteiger partial charge < -0.3 is 9.30 Å². The van der Waals surface area contributed by atoms with Crippen molar-refractivity contribution in [1.82, 2.24) is 19.5 Å². The number of imidazole rings is 1. The van der Waals surface area contributed by atoms with Crippen LogP contribution in [0, 0.1) is 0 Å². The van der Waals surface area contributed by atoms with E-state index in [2.05, 4.69) is 20.4 Å². The predicted octanol–water partition coefficient (Wildman–Crippen LogP) is 2.23. The molecule has 3 N–H and O–H groups in total. The third kappa shape index (κ3) is 2.74. The molecule has 0 spiro atoms. The van der Waals surface area contributed by atoms with Crippen molar-refractivity contribution in [1.29, 1.82) is 0 Å². The molecule has 3 aromatic rings. The number of aryl methyl sites for hydroxylation is 1. The van der Waals surface area contributed by atoms with E-state index in [0.717, 1.165) is 10.2 Å². The number of fused-ring (bicyclic) bond motifs is 3. The number of pyridine rings is 1. The molecule has 0 aromatic carbocycles. The number of anilines is 2. The molecule has 0 atom stereocenters. The maximum absolute atomic E-state index is 12.4. The third-order valence-corrected chi connectivity index (χ3v) is 4.28. The van der Waals surface area contributed by atoms with Crippen molar-refractivity contribution in [3.8, 4) is 0 Å². The van der Waals surface area contributed by atoms with Crippen LogP contribution < -0.4 is 16.2 Å². The van der Waals surface area contributed by atoms with Crippen LogP contribution in [-0.2, 0) is 11.8 Å². The van der Waals surface area contributed by atoms with Crippen LogP contribution in [0.1, 0.15) is 20.8 Å². The normalized spacial score (nSPS) is 11.9. The first kappa shape index (κ1) is 16.4. The quantitative estimate of drug-likeness (QED) is 0.539. The second-order valence-corrected chi connectivity index (χ2v) is 7.34. The van der Waals surface area contributed by atoms with E-state index in [0.29, 0.717) is 22.1 Å². The van der Waals surface area contributed by atoms with Gasteiger partial charge in [-0.15, -0.1) is 0 Å². The lowest BCUT2D eigenvalue weighted by Gasteiger charge is -2.24. The molecule has 0 aliphatic carbocycles. The Bertz CT molecular complexity index is 925. The first-order chi connectivity index (χ1) is 11.2. The summed E-state index contributed by atoms with van der Waals surface area (Å²) in [4.78, 5) is 26.9. The molecule has 128 valence electrons. The van der Waals surface area contributed by atoms with Gasteiger partial charge in [0.25, 0.3) is 0 Å². The number of hydrazine groups is 1. The van der Waals surface area contributed by atoms with Crippen LogP contribution in [0.5, 0.6) is 0 Å². The second-order valence-electron chi connectivity index (χ2n) is 6.34. The minimum atomic E-state index is -0.601. The van der Waals surface area contributed by atoms with Crippen molar-refractivity contribution in [2.75, 3.05) is 17.4 Å². The number of nitrogen functional groups attached to an aromatic ring is 1. The van der Waals surface area contributed by atoms with Crippen molar-refractivity contribution >= 4 is 49.8 Å². The molecule has 24 heavy (non-hydrogen) atoms. The van der Waals surface area contributed by atoms with Crippen LogP contribution in [0.15, 0.2) is 6.33 Å². The smallest absolute Gasteiger partial charge is 0.415 e. The van der Waals surface area contributed by atoms with E-state index >= 15 is 0 Å². The number of nitrogens with one attached hydrogen (secondary N) is 1. The molecular weight excluding hydrogens is 330 g/mol. The largest absolute Gasteiger partial charge is 0.443 e. The van der Waals surface area contributed by atoms with E-state index in [1.165, 1.54) is 16.2 Å². The third-order valence-electron chi connectivity index (χ3n) is 3.29. The Hall–Kier alpha value is -2.46. The van der Waals surface area contributed by atoms with Crippen LogP contribution >= 0.6 is 11.3 Å². The van der Waals surface area contributed by atoms with Gasteiger partial charge in [-0.3, -0.25) is 10.3 Å². The van der Waals surface area contributed by atoms with Gasteiger partial charge in [-0.05, 0) is 20.8 Å². The molecule has 3 aromatic heterocycles. The fraction of sp³-hybridized carbons (Fsp3) is 0.429. The molecule has 10 heteroatoms. The van der Waals surface area contributed by atoms with Crippen molar-refractivity contribution in [3.63, 3.8) is 0 Å². The van der Waals surface area contributed by atoms with Gasteiger partial charge in [0, 0.05) is 14.1 Å². The van der Waals surface area contributed by atoms with E-state index < -0.39 is 11.7 Å². The average molecular weight is 349 g/mol. The lowest BCUT2D eigenvalue weighted by atomic mass is 10.2. The highest BCUT2D eigenvalue weighted by atomic mass is 32.1. The lowest BCUT2D eigenvalue weighted by molar-refractivity contribution is 0.0589. The molecule has 0 saturated carbocycles. The molecule has 0 radical (unpaired) electrons. The minimum Gasteiger partial charge on any atom is -0.443 e. The molecule has 0 aliphatic heterocycles. The highest BCUT2D eigenvalue weighted by Crippen LogP contribution is 2.35. The summed E-state index contributed by atoms with van der Waals surface area (Å²) >= 11 is 1.38. The topological polar surface area (TPSA) is 111 Å². The number of hydrogen-bond acceptors (Lipinski definition) is 8. The first-order valence-electron chi connectivity index (χ1n) is 7.26. The summed E-state index contributed by atoms with van der Waals surface area (Å²) in [6.07, 6.45) is 1.17. The Kier molecular flexibility index (Phi) is 3.80. The van der Waals surface area contributed by atoms with E-state index in [1.54, 1.807) is 13.4 Å². The number of rotatable bonds is 2. The number of thiazole rings is 1. The number of amides is 1. The summed E-state index contributed by atoms with van der Waals surface area (Å²) in [5.41, 5.74) is 3.86. The number of nitrogens with two attached hydrogens (primary N) is 1. The molecule has 0 fully saturated rings. The summed E-state index contributed by atoms with van der Waals surface area (Å²) in [6, 6.07) is 0. The lowest BCUT2D eigenvalue weighted by Crippen LogP contribution is -2.34. The van der Waals surface area contributed by atoms with Gasteiger partial charge >= 0.3 is 6.09 Å². The Morgan fingerprint density at radius 1 is 1.42 bits per heavy atom. The summed E-state index contributed by atoms with van der Waals surface area (Å²) in [5.74, 6) is 5.84. The van der Waals surface area contributed by atoms with Crippen molar-refractivity contribution in [2.45, 2.75) is 26.4 Å².